The Morgan fingerprint density at radius 3 is 2.74 bits per heavy atom. The van der Waals surface area contributed by atoms with Crippen LogP contribution in [-0.2, 0) is 20.7 Å². The van der Waals surface area contributed by atoms with Crippen molar-refractivity contribution in [2.75, 3.05) is 26.9 Å². The fraction of sp³-hybridized carbons (Fsp3) is 0.467. The lowest BCUT2D eigenvalue weighted by Crippen LogP contribution is -2.36. The number of Topliss-reactive ketones (excluding diaryl/α,β-unsaturated/α-hetero) is 1. The Labute approximate surface area is 223 Å². The molecule has 3 atom stereocenters. The number of fused-ring (bicyclic) bond motifs is 1. The lowest BCUT2D eigenvalue weighted by Gasteiger charge is -2.28. The van der Waals surface area contributed by atoms with E-state index in [0.29, 0.717) is 42.3 Å². The summed E-state index contributed by atoms with van der Waals surface area (Å²) in [6.07, 6.45) is 4.24. The molecule has 2 fully saturated rings. The van der Waals surface area contributed by atoms with Crippen molar-refractivity contribution in [2.24, 2.45) is 0 Å². The van der Waals surface area contributed by atoms with E-state index in [1.165, 1.54) is 4.90 Å². The van der Waals surface area contributed by atoms with E-state index in [-0.39, 0.29) is 30.1 Å². The van der Waals surface area contributed by atoms with Gasteiger partial charge in [-0.15, -0.1) is 0 Å². The summed E-state index contributed by atoms with van der Waals surface area (Å²) in [6.45, 7) is 5.53. The Hall–Kier alpha value is -3.52. The van der Waals surface area contributed by atoms with E-state index in [2.05, 4.69) is 6.92 Å². The molecule has 5 rings (SSSR count). The van der Waals surface area contributed by atoms with Gasteiger partial charge < -0.3 is 29.0 Å². The number of amides is 1. The van der Waals surface area contributed by atoms with Crippen molar-refractivity contribution in [3.63, 3.8) is 0 Å². The summed E-state index contributed by atoms with van der Waals surface area (Å²) in [5, 5.41) is 11.5. The molecule has 0 unspecified atom stereocenters. The van der Waals surface area contributed by atoms with E-state index in [1.54, 1.807) is 31.4 Å². The minimum Gasteiger partial charge on any atom is -0.507 e. The molecular weight excluding hydrogens is 486 g/mol. The number of unbranched alkanes of at least 4 members (excludes halogenated alkanes) is 1. The zero-order valence-electron chi connectivity index (χ0n) is 22.2. The number of aliphatic hydroxyl groups is 1. The van der Waals surface area contributed by atoms with Gasteiger partial charge in [-0.1, -0.05) is 19.4 Å². The number of hydrogen-bond acceptors (Lipinski definition) is 7. The van der Waals surface area contributed by atoms with Gasteiger partial charge in [0.2, 0.25) is 0 Å². The van der Waals surface area contributed by atoms with Crippen LogP contribution in [0.15, 0.2) is 42.0 Å². The summed E-state index contributed by atoms with van der Waals surface area (Å²) in [6, 6.07) is 9.98. The van der Waals surface area contributed by atoms with Gasteiger partial charge in [0.15, 0.2) is 11.5 Å². The SMILES string of the molecule is CCCCOc1ccc([C@H]2C(=C(O)c3ccc4c(c3)C[C@@H](C)O4)C(=O)C(=O)N2C[C@@H]2CCCO2)cc1OC. The number of nitrogens with zero attached hydrogens (tertiary/aromatic N) is 1. The van der Waals surface area contributed by atoms with Crippen LogP contribution >= 0.6 is 0 Å². The highest BCUT2D eigenvalue weighted by molar-refractivity contribution is 6.46. The first kappa shape index (κ1) is 26.1. The van der Waals surface area contributed by atoms with Gasteiger partial charge in [-0.3, -0.25) is 9.59 Å². The number of hydrogen-bond donors (Lipinski definition) is 1. The molecule has 0 saturated carbocycles. The van der Waals surface area contributed by atoms with E-state index >= 15 is 0 Å². The summed E-state index contributed by atoms with van der Waals surface area (Å²) in [4.78, 5) is 28.3. The highest BCUT2D eigenvalue weighted by atomic mass is 16.5. The molecular formula is C30H35NO7. The largest absolute Gasteiger partial charge is 0.507 e. The molecule has 3 heterocycles. The van der Waals surface area contributed by atoms with E-state index in [4.69, 9.17) is 18.9 Å². The van der Waals surface area contributed by atoms with Crippen molar-refractivity contribution >= 4 is 17.4 Å². The van der Waals surface area contributed by atoms with Gasteiger partial charge in [-0.25, -0.2) is 0 Å². The van der Waals surface area contributed by atoms with E-state index in [9.17, 15) is 14.7 Å². The van der Waals surface area contributed by atoms with Gasteiger partial charge in [0.25, 0.3) is 11.7 Å². The van der Waals surface area contributed by atoms with Gasteiger partial charge in [0, 0.05) is 25.1 Å². The molecule has 1 N–H and O–H groups in total. The molecule has 2 aromatic carbocycles. The number of carbonyl (C=O) groups excluding carboxylic acids is 2. The third kappa shape index (κ3) is 4.97. The number of likely N-dealkylation sites (tertiary alicyclic amines) is 1. The second-order valence-corrected chi connectivity index (χ2v) is 10.2. The number of methoxy groups -OCH3 is 1. The fourth-order valence-corrected chi connectivity index (χ4v) is 5.45. The lowest BCUT2D eigenvalue weighted by molar-refractivity contribution is -0.140. The molecule has 0 aromatic heterocycles. The Bertz CT molecular complexity index is 1250. The maximum absolute atomic E-state index is 13.4. The first-order valence-corrected chi connectivity index (χ1v) is 13.4. The Morgan fingerprint density at radius 2 is 2.00 bits per heavy atom. The quantitative estimate of drug-likeness (QED) is 0.219. The molecule has 2 aromatic rings. The third-order valence-electron chi connectivity index (χ3n) is 7.39. The Kier molecular flexibility index (Phi) is 7.61. The average Bonchev–Trinajstić information content (AvgIpc) is 3.63. The highest BCUT2D eigenvalue weighted by Crippen LogP contribution is 2.43. The van der Waals surface area contributed by atoms with Crippen LogP contribution in [0.3, 0.4) is 0 Å². The molecule has 3 aliphatic heterocycles. The lowest BCUT2D eigenvalue weighted by atomic mass is 9.94. The first-order chi connectivity index (χ1) is 18.4. The maximum atomic E-state index is 13.4. The topological polar surface area (TPSA) is 94.5 Å². The molecule has 0 aliphatic carbocycles. The standard InChI is InChI=1S/C30H35NO7/c1-4-5-12-37-24-11-8-19(16-25(24)35-3)27-26(29(33)30(34)31(27)17-22-7-6-13-36-22)28(32)20-9-10-23-21(15-20)14-18(2)38-23/h8-11,15-16,18,22,27,32H,4-7,12-14,17H2,1-3H3/t18-,22+,27+/m1/s1. The molecule has 0 bridgehead atoms. The predicted octanol–water partition coefficient (Wildman–Crippen LogP) is 4.80. The van der Waals surface area contributed by atoms with Gasteiger partial charge in [-0.2, -0.15) is 0 Å². The molecule has 2 saturated heterocycles. The van der Waals surface area contributed by atoms with Gasteiger partial charge in [-0.05, 0) is 67.6 Å². The molecule has 1 amide bonds. The van der Waals surface area contributed by atoms with Crippen LogP contribution in [-0.4, -0.2) is 60.8 Å². The number of aliphatic hydroxyl groups excluding tert-OH is 1. The zero-order chi connectivity index (χ0) is 26.8. The zero-order valence-corrected chi connectivity index (χ0v) is 22.2. The number of benzene rings is 2. The van der Waals surface area contributed by atoms with Crippen LogP contribution in [0.2, 0.25) is 0 Å². The smallest absolute Gasteiger partial charge is 0.295 e. The van der Waals surface area contributed by atoms with E-state index in [1.807, 2.05) is 19.1 Å². The Balaban J connectivity index is 1.57. The van der Waals surface area contributed by atoms with Crippen LogP contribution in [0.4, 0.5) is 0 Å². The van der Waals surface area contributed by atoms with Crippen LogP contribution in [0.25, 0.3) is 5.76 Å². The van der Waals surface area contributed by atoms with Crippen LogP contribution < -0.4 is 14.2 Å². The van der Waals surface area contributed by atoms with Crippen molar-refractivity contribution in [3.05, 3.63) is 58.7 Å². The molecule has 38 heavy (non-hydrogen) atoms. The normalized spacial score (nSPS) is 24.0. The number of ketones is 1. The molecule has 8 heteroatoms. The Morgan fingerprint density at radius 1 is 1.16 bits per heavy atom. The summed E-state index contributed by atoms with van der Waals surface area (Å²) in [5.74, 6) is 0.310. The van der Waals surface area contributed by atoms with Crippen molar-refractivity contribution in [3.8, 4) is 17.2 Å². The van der Waals surface area contributed by atoms with Gasteiger partial charge in [0.1, 0.15) is 17.6 Å². The second kappa shape index (κ2) is 11.1. The third-order valence-corrected chi connectivity index (χ3v) is 7.39. The first-order valence-electron chi connectivity index (χ1n) is 13.4. The average molecular weight is 522 g/mol. The summed E-state index contributed by atoms with van der Waals surface area (Å²) >= 11 is 0. The molecule has 0 radical (unpaired) electrons. The molecule has 3 aliphatic rings. The van der Waals surface area contributed by atoms with Crippen molar-refractivity contribution < 1.29 is 33.6 Å². The summed E-state index contributed by atoms with van der Waals surface area (Å²) in [7, 11) is 1.56. The monoisotopic (exact) mass is 521 g/mol. The number of ether oxygens (including phenoxy) is 4. The number of rotatable bonds is 9. The van der Waals surface area contributed by atoms with E-state index < -0.39 is 17.7 Å². The summed E-state index contributed by atoms with van der Waals surface area (Å²) in [5.41, 5.74) is 2.15. The maximum Gasteiger partial charge on any atom is 0.295 e. The van der Waals surface area contributed by atoms with Crippen molar-refractivity contribution in [1.82, 2.24) is 4.90 Å². The predicted molar refractivity (Wildman–Crippen MR) is 142 cm³/mol. The fourth-order valence-electron chi connectivity index (χ4n) is 5.45. The molecule has 0 spiro atoms. The molecule has 8 nitrogen and oxygen atoms in total. The molecule has 202 valence electrons. The number of carbonyl (C=O) groups is 2. The van der Waals surface area contributed by atoms with Crippen LogP contribution in [0.5, 0.6) is 17.2 Å². The minimum atomic E-state index is -0.791. The second-order valence-electron chi connectivity index (χ2n) is 10.2. The van der Waals surface area contributed by atoms with E-state index in [0.717, 1.165) is 37.0 Å². The van der Waals surface area contributed by atoms with Crippen molar-refractivity contribution in [1.29, 1.82) is 0 Å². The van der Waals surface area contributed by atoms with Gasteiger partial charge in [0.05, 0.1) is 31.4 Å². The van der Waals surface area contributed by atoms with Crippen molar-refractivity contribution in [2.45, 2.75) is 64.2 Å². The highest BCUT2D eigenvalue weighted by Gasteiger charge is 2.47. The van der Waals surface area contributed by atoms with Gasteiger partial charge >= 0.3 is 0 Å². The van der Waals surface area contributed by atoms with Crippen LogP contribution in [0, 0.1) is 0 Å². The summed E-state index contributed by atoms with van der Waals surface area (Å²) < 4.78 is 23.1. The minimum absolute atomic E-state index is 0.0462. The van der Waals surface area contributed by atoms with Crippen LogP contribution in [0.1, 0.15) is 62.3 Å².